The van der Waals surface area contributed by atoms with Crippen LogP contribution < -0.4 is 5.32 Å². The molecule has 0 aliphatic carbocycles. The van der Waals surface area contributed by atoms with E-state index in [1.165, 1.54) is 10.6 Å². The number of rotatable bonds is 5. The fraction of sp³-hybridized carbons (Fsp3) is 0.417. The monoisotopic (exact) mass is 286 g/mol. The van der Waals surface area contributed by atoms with Gasteiger partial charge in [0, 0.05) is 30.1 Å². The molecule has 1 N–H and O–H groups in total. The van der Waals surface area contributed by atoms with E-state index >= 15 is 0 Å². The van der Waals surface area contributed by atoms with Crippen LogP contribution >= 0.6 is 34.3 Å². The molecular weight excluding hydrogens is 272 g/mol. The zero-order valence-corrected chi connectivity index (χ0v) is 12.3. The van der Waals surface area contributed by atoms with E-state index in [0.717, 1.165) is 23.0 Å². The van der Waals surface area contributed by atoms with Gasteiger partial charge in [0.15, 0.2) is 0 Å². The smallest absolute Gasteiger partial charge is 0.0940 e. The fourth-order valence-electron chi connectivity index (χ4n) is 1.58. The molecule has 1 atom stereocenters. The molecule has 5 heteroatoms. The van der Waals surface area contributed by atoms with Crippen LogP contribution in [0.5, 0.6) is 0 Å². The van der Waals surface area contributed by atoms with Crippen LogP contribution in [0.3, 0.4) is 0 Å². The molecule has 0 amide bonds. The zero-order chi connectivity index (χ0) is 12.3. The Bertz CT molecular complexity index is 478. The van der Waals surface area contributed by atoms with Crippen molar-refractivity contribution in [3.8, 4) is 0 Å². The number of nitrogens with one attached hydrogen (secondary N) is 1. The highest BCUT2D eigenvalue weighted by Gasteiger charge is 2.07. The van der Waals surface area contributed by atoms with Crippen molar-refractivity contribution >= 4 is 34.3 Å². The lowest BCUT2D eigenvalue weighted by Crippen LogP contribution is -2.20. The summed E-state index contributed by atoms with van der Waals surface area (Å²) in [5.74, 6) is 0. The third-order valence-electron chi connectivity index (χ3n) is 2.54. The van der Waals surface area contributed by atoms with Gasteiger partial charge in [-0.2, -0.15) is 0 Å². The van der Waals surface area contributed by atoms with Crippen LogP contribution in [0.25, 0.3) is 0 Å². The maximum atomic E-state index is 5.92. The molecule has 0 radical (unpaired) electrons. The van der Waals surface area contributed by atoms with E-state index in [9.17, 15) is 0 Å². The summed E-state index contributed by atoms with van der Waals surface area (Å²) < 4.78 is 0.851. The molecule has 0 saturated carbocycles. The second-order valence-electron chi connectivity index (χ2n) is 3.99. The molecule has 92 valence electrons. The predicted octanol–water partition coefficient (Wildman–Crippen LogP) is 4.06. The van der Waals surface area contributed by atoms with Gasteiger partial charge in [-0.1, -0.05) is 11.6 Å². The number of nitrogens with zero attached hydrogens (tertiary/aromatic N) is 1. The molecule has 17 heavy (non-hydrogen) atoms. The predicted molar refractivity (Wildman–Crippen MR) is 76.3 cm³/mol. The van der Waals surface area contributed by atoms with Gasteiger partial charge in [0.05, 0.1) is 9.34 Å². The lowest BCUT2D eigenvalue weighted by molar-refractivity contribution is 0.577. The summed E-state index contributed by atoms with van der Waals surface area (Å²) in [6.45, 7) is 5.14. The molecule has 0 aliphatic heterocycles. The summed E-state index contributed by atoms with van der Waals surface area (Å²) in [5, 5.41) is 8.88. The molecule has 2 aromatic heterocycles. The van der Waals surface area contributed by atoms with Crippen LogP contribution in [0.15, 0.2) is 16.8 Å². The molecule has 2 heterocycles. The van der Waals surface area contributed by atoms with Gasteiger partial charge >= 0.3 is 0 Å². The molecule has 0 fully saturated rings. The Morgan fingerprint density at radius 3 is 2.82 bits per heavy atom. The van der Waals surface area contributed by atoms with E-state index in [1.807, 2.05) is 13.0 Å². The minimum atomic E-state index is 0.347. The standard InChI is InChI=1S/C12H15ClN2S2/c1-8-6-17-12(15-8)3-4-14-9(2)10-5-11(13)16-7-10/h5-7,9,14H,3-4H2,1-2H3. The SMILES string of the molecule is Cc1csc(CCNC(C)c2csc(Cl)c2)n1. The van der Waals surface area contributed by atoms with Crippen LogP contribution in [0.4, 0.5) is 0 Å². The van der Waals surface area contributed by atoms with Crippen molar-refractivity contribution in [2.45, 2.75) is 26.3 Å². The highest BCUT2D eigenvalue weighted by Crippen LogP contribution is 2.24. The third-order valence-corrected chi connectivity index (χ3v) is 4.68. The van der Waals surface area contributed by atoms with E-state index < -0.39 is 0 Å². The number of thiazole rings is 1. The Morgan fingerprint density at radius 1 is 1.41 bits per heavy atom. The van der Waals surface area contributed by atoms with Crippen molar-refractivity contribution in [1.82, 2.24) is 10.3 Å². The molecule has 0 aromatic carbocycles. The lowest BCUT2D eigenvalue weighted by Gasteiger charge is -2.11. The number of halogens is 1. The topological polar surface area (TPSA) is 24.9 Å². The Labute approximate surface area is 115 Å². The van der Waals surface area contributed by atoms with Gasteiger partial charge in [-0.05, 0) is 30.9 Å². The fourth-order valence-corrected chi connectivity index (χ4v) is 3.34. The van der Waals surface area contributed by atoms with E-state index in [2.05, 4.69) is 28.0 Å². The minimum absolute atomic E-state index is 0.347. The van der Waals surface area contributed by atoms with Crippen LogP contribution in [-0.2, 0) is 6.42 Å². The molecule has 0 aliphatic rings. The summed E-state index contributed by atoms with van der Waals surface area (Å²) in [6, 6.07) is 2.37. The largest absolute Gasteiger partial charge is 0.310 e. The van der Waals surface area contributed by atoms with E-state index in [4.69, 9.17) is 11.6 Å². The van der Waals surface area contributed by atoms with Crippen LogP contribution in [0.2, 0.25) is 4.34 Å². The molecule has 0 saturated heterocycles. The summed E-state index contributed by atoms with van der Waals surface area (Å²) >= 11 is 9.23. The molecule has 2 aromatic rings. The highest BCUT2D eigenvalue weighted by atomic mass is 35.5. The Kier molecular flexibility index (Phi) is 4.56. The second-order valence-corrected chi connectivity index (χ2v) is 6.48. The van der Waals surface area contributed by atoms with Gasteiger partial charge < -0.3 is 5.32 Å². The molecular formula is C12H15ClN2S2. The van der Waals surface area contributed by atoms with Gasteiger partial charge in [-0.3, -0.25) is 0 Å². The maximum absolute atomic E-state index is 5.92. The average molecular weight is 287 g/mol. The quantitative estimate of drug-likeness (QED) is 0.896. The van der Waals surface area contributed by atoms with Gasteiger partial charge in [-0.25, -0.2) is 4.98 Å². The minimum Gasteiger partial charge on any atom is -0.310 e. The highest BCUT2D eigenvalue weighted by molar-refractivity contribution is 7.14. The van der Waals surface area contributed by atoms with Crippen molar-refractivity contribution in [1.29, 1.82) is 0 Å². The van der Waals surface area contributed by atoms with Gasteiger partial charge in [0.1, 0.15) is 0 Å². The molecule has 0 bridgehead atoms. The first-order valence-electron chi connectivity index (χ1n) is 5.53. The summed E-state index contributed by atoms with van der Waals surface area (Å²) in [6.07, 6.45) is 0.987. The van der Waals surface area contributed by atoms with Crippen molar-refractivity contribution in [2.75, 3.05) is 6.54 Å². The van der Waals surface area contributed by atoms with Gasteiger partial charge in [0.25, 0.3) is 0 Å². The molecule has 2 nitrogen and oxygen atoms in total. The summed E-state index contributed by atoms with van der Waals surface area (Å²) in [5.41, 5.74) is 2.37. The van der Waals surface area contributed by atoms with Crippen molar-refractivity contribution < 1.29 is 0 Å². The average Bonchev–Trinajstić information content (AvgIpc) is 2.88. The number of hydrogen-bond acceptors (Lipinski definition) is 4. The molecule has 1 unspecified atom stereocenters. The van der Waals surface area contributed by atoms with Crippen molar-refractivity contribution in [3.05, 3.63) is 37.4 Å². The van der Waals surface area contributed by atoms with E-state index in [-0.39, 0.29) is 0 Å². The summed E-state index contributed by atoms with van der Waals surface area (Å²) in [7, 11) is 0. The lowest BCUT2D eigenvalue weighted by atomic mass is 10.2. The number of hydrogen-bond donors (Lipinski definition) is 1. The first-order valence-corrected chi connectivity index (χ1v) is 7.67. The maximum Gasteiger partial charge on any atom is 0.0940 e. The van der Waals surface area contributed by atoms with Gasteiger partial charge in [-0.15, -0.1) is 22.7 Å². The Hall–Kier alpha value is -0.420. The van der Waals surface area contributed by atoms with E-state index in [0.29, 0.717) is 6.04 Å². The van der Waals surface area contributed by atoms with E-state index in [1.54, 1.807) is 22.7 Å². The first kappa shape index (κ1) is 13.0. The first-order chi connectivity index (χ1) is 8.15. The van der Waals surface area contributed by atoms with Crippen LogP contribution in [-0.4, -0.2) is 11.5 Å². The number of aryl methyl sites for hydroxylation is 1. The second kappa shape index (κ2) is 5.96. The van der Waals surface area contributed by atoms with Crippen LogP contribution in [0.1, 0.15) is 29.2 Å². The summed E-state index contributed by atoms with van der Waals surface area (Å²) in [4.78, 5) is 4.44. The van der Waals surface area contributed by atoms with Crippen molar-refractivity contribution in [2.24, 2.45) is 0 Å². The zero-order valence-electron chi connectivity index (χ0n) is 9.87. The van der Waals surface area contributed by atoms with Crippen LogP contribution in [0, 0.1) is 6.92 Å². The Balaban J connectivity index is 1.78. The van der Waals surface area contributed by atoms with Crippen molar-refractivity contribution in [3.63, 3.8) is 0 Å². The van der Waals surface area contributed by atoms with Gasteiger partial charge in [0.2, 0.25) is 0 Å². The third kappa shape index (κ3) is 3.78. The number of thiophene rings is 1. The Morgan fingerprint density at radius 2 is 2.24 bits per heavy atom. The normalized spacial score (nSPS) is 12.9. The number of aromatic nitrogens is 1. The molecule has 2 rings (SSSR count). The molecule has 0 spiro atoms.